The molecular weight excluding hydrogens is 404 g/mol. The fourth-order valence-corrected chi connectivity index (χ4v) is 4.94. The highest BCUT2D eigenvalue weighted by molar-refractivity contribution is 5.87. The molecule has 1 saturated carbocycles. The lowest BCUT2D eigenvalue weighted by atomic mass is 9.70. The third kappa shape index (κ3) is 5.26. The van der Waals surface area contributed by atoms with Crippen LogP contribution in [0.5, 0.6) is 5.75 Å². The second kappa shape index (κ2) is 9.40. The topological polar surface area (TPSA) is 60.6 Å². The van der Waals surface area contributed by atoms with Crippen molar-refractivity contribution in [2.24, 2.45) is 5.92 Å². The number of carbonyl (C=O) groups is 1. The average Bonchev–Trinajstić information content (AvgIpc) is 3.69. The summed E-state index contributed by atoms with van der Waals surface area (Å²) in [6, 6.07) is 7.72. The summed E-state index contributed by atoms with van der Waals surface area (Å²) in [5.74, 6) is 0.808. The number of allylic oxidation sites excluding steroid dienone is 1. The monoisotopic (exact) mass is 440 g/mol. The van der Waals surface area contributed by atoms with E-state index in [-0.39, 0.29) is 35.3 Å². The Labute approximate surface area is 191 Å². The van der Waals surface area contributed by atoms with Gasteiger partial charge in [0.1, 0.15) is 11.9 Å². The Morgan fingerprint density at radius 3 is 2.66 bits per heavy atom. The fourth-order valence-electron chi connectivity index (χ4n) is 4.94. The van der Waals surface area contributed by atoms with E-state index in [9.17, 15) is 4.79 Å². The molecule has 0 bridgehead atoms. The molecule has 1 spiro atoms. The van der Waals surface area contributed by atoms with Crippen LogP contribution in [0.1, 0.15) is 65.4 Å². The van der Waals surface area contributed by atoms with Crippen molar-refractivity contribution in [1.29, 1.82) is 0 Å². The van der Waals surface area contributed by atoms with Gasteiger partial charge in [0.05, 0.1) is 30.5 Å². The van der Waals surface area contributed by atoms with Crippen LogP contribution in [0.3, 0.4) is 0 Å². The smallest absolute Gasteiger partial charge is 0.331 e. The van der Waals surface area contributed by atoms with Crippen molar-refractivity contribution in [1.82, 2.24) is 0 Å². The van der Waals surface area contributed by atoms with Crippen molar-refractivity contribution in [3.05, 3.63) is 47.6 Å². The molecule has 32 heavy (non-hydrogen) atoms. The van der Waals surface area contributed by atoms with Crippen LogP contribution in [-0.2, 0) is 19.0 Å². The molecule has 4 rings (SSSR count). The lowest BCUT2D eigenvalue weighted by molar-refractivity contribution is -0.147. The van der Waals surface area contributed by atoms with E-state index in [0.29, 0.717) is 6.61 Å². The minimum Gasteiger partial charge on any atom is -0.494 e. The minimum atomic E-state index is -0.296. The van der Waals surface area contributed by atoms with Gasteiger partial charge >= 0.3 is 5.97 Å². The molecule has 5 nitrogen and oxygen atoms in total. The van der Waals surface area contributed by atoms with Crippen molar-refractivity contribution in [3.63, 3.8) is 0 Å². The van der Waals surface area contributed by atoms with Gasteiger partial charge in [-0.25, -0.2) is 4.79 Å². The van der Waals surface area contributed by atoms with Crippen LogP contribution < -0.4 is 4.74 Å². The Kier molecular flexibility index (Phi) is 6.78. The lowest BCUT2D eigenvalue weighted by Gasteiger charge is -2.36. The van der Waals surface area contributed by atoms with E-state index in [1.165, 1.54) is 11.6 Å². The highest BCUT2D eigenvalue weighted by Crippen LogP contribution is 2.59. The summed E-state index contributed by atoms with van der Waals surface area (Å²) in [6.45, 7) is 10.0. The van der Waals surface area contributed by atoms with E-state index in [0.717, 1.165) is 50.0 Å². The molecule has 1 aromatic rings. The Balaban J connectivity index is 1.31. The SMILES string of the molecule is CCCOc1ccc(/C=C/C(=O)O[C@@H]2CC[C@]3(CO3)C(C3(C)O[C@@H]3CC=C(C)C)C2)cc1. The molecule has 0 aromatic heterocycles. The summed E-state index contributed by atoms with van der Waals surface area (Å²) in [4.78, 5) is 12.5. The van der Waals surface area contributed by atoms with Gasteiger partial charge in [-0.05, 0) is 76.6 Å². The number of rotatable bonds is 9. The van der Waals surface area contributed by atoms with E-state index in [4.69, 9.17) is 18.9 Å². The van der Waals surface area contributed by atoms with Gasteiger partial charge in [0.15, 0.2) is 0 Å². The van der Waals surface area contributed by atoms with Gasteiger partial charge in [-0.1, -0.05) is 30.7 Å². The fraction of sp³-hybridized carbons (Fsp3) is 0.593. The molecule has 174 valence electrons. The number of carbonyl (C=O) groups excluding carboxylic acids is 1. The second-order valence-electron chi connectivity index (χ2n) is 9.80. The van der Waals surface area contributed by atoms with E-state index in [2.05, 4.69) is 33.8 Å². The molecule has 3 aliphatic rings. The summed E-state index contributed by atoms with van der Waals surface area (Å²) in [5, 5.41) is 0. The molecular formula is C27H36O5. The van der Waals surface area contributed by atoms with Crippen LogP contribution in [0, 0.1) is 5.92 Å². The summed E-state index contributed by atoms with van der Waals surface area (Å²) < 4.78 is 23.5. The maximum absolute atomic E-state index is 12.5. The molecule has 2 heterocycles. The van der Waals surface area contributed by atoms with E-state index >= 15 is 0 Å². The zero-order valence-corrected chi connectivity index (χ0v) is 19.8. The first-order valence-corrected chi connectivity index (χ1v) is 11.9. The summed E-state index contributed by atoms with van der Waals surface area (Å²) in [6.07, 6.45) is 10.1. The van der Waals surface area contributed by atoms with Crippen molar-refractivity contribution in [2.45, 2.75) is 83.2 Å². The van der Waals surface area contributed by atoms with Crippen molar-refractivity contribution >= 4 is 12.0 Å². The van der Waals surface area contributed by atoms with Crippen LogP contribution in [0.25, 0.3) is 6.08 Å². The second-order valence-corrected chi connectivity index (χ2v) is 9.80. The zero-order valence-electron chi connectivity index (χ0n) is 19.8. The van der Waals surface area contributed by atoms with E-state index in [1.54, 1.807) is 6.08 Å². The van der Waals surface area contributed by atoms with Gasteiger partial charge in [-0.15, -0.1) is 0 Å². The maximum Gasteiger partial charge on any atom is 0.331 e. The summed E-state index contributed by atoms with van der Waals surface area (Å²) in [5.41, 5.74) is 1.99. The average molecular weight is 441 g/mol. The maximum atomic E-state index is 12.5. The Hall–Kier alpha value is -2.11. The number of hydrogen-bond acceptors (Lipinski definition) is 5. The molecule has 2 aliphatic heterocycles. The highest BCUT2D eigenvalue weighted by Gasteiger charge is 2.68. The molecule has 0 radical (unpaired) electrons. The highest BCUT2D eigenvalue weighted by atomic mass is 16.6. The molecule has 1 aromatic carbocycles. The first-order valence-electron chi connectivity index (χ1n) is 11.9. The third-order valence-electron chi connectivity index (χ3n) is 7.00. The number of benzene rings is 1. The number of hydrogen-bond donors (Lipinski definition) is 0. The third-order valence-corrected chi connectivity index (χ3v) is 7.00. The largest absolute Gasteiger partial charge is 0.494 e. The first kappa shape index (κ1) is 23.1. The van der Waals surface area contributed by atoms with Crippen molar-refractivity contribution in [3.8, 4) is 5.75 Å². The normalized spacial score (nSPS) is 33.2. The van der Waals surface area contributed by atoms with E-state index < -0.39 is 0 Å². The van der Waals surface area contributed by atoms with Crippen molar-refractivity contribution in [2.75, 3.05) is 13.2 Å². The zero-order chi connectivity index (χ0) is 22.8. The van der Waals surface area contributed by atoms with Crippen LogP contribution in [0.2, 0.25) is 0 Å². The Morgan fingerprint density at radius 2 is 2.00 bits per heavy atom. The van der Waals surface area contributed by atoms with Gasteiger partial charge in [0, 0.05) is 12.0 Å². The quantitative estimate of drug-likeness (QED) is 0.220. The molecule has 0 amide bonds. The number of ether oxygens (including phenoxy) is 4. The predicted octanol–water partition coefficient (Wildman–Crippen LogP) is 5.48. The molecule has 2 saturated heterocycles. The van der Waals surface area contributed by atoms with Crippen LogP contribution >= 0.6 is 0 Å². The van der Waals surface area contributed by atoms with Crippen LogP contribution in [-0.4, -0.2) is 42.6 Å². The van der Waals surface area contributed by atoms with Gasteiger partial charge < -0.3 is 18.9 Å². The summed E-state index contributed by atoms with van der Waals surface area (Å²) >= 11 is 0. The summed E-state index contributed by atoms with van der Waals surface area (Å²) in [7, 11) is 0. The van der Waals surface area contributed by atoms with Crippen LogP contribution in [0.15, 0.2) is 42.0 Å². The van der Waals surface area contributed by atoms with Gasteiger partial charge in [-0.2, -0.15) is 0 Å². The van der Waals surface area contributed by atoms with Gasteiger partial charge in [-0.3, -0.25) is 0 Å². The molecule has 3 fully saturated rings. The van der Waals surface area contributed by atoms with Gasteiger partial charge in [0.25, 0.3) is 0 Å². The molecule has 5 heteroatoms. The molecule has 1 aliphatic carbocycles. The van der Waals surface area contributed by atoms with Gasteiger partial charge in [0.2, 0.25) is 0 Å². The molecule has 2 unspecified atom stereocenters. The van der Waals surface area contributed by atoms with Crippen molar-refractivity contribution < 1.29 is 23.7 Å². The Bertz CT molecular complexity index is 863. The Morgan fingerprint density at radius 1 is 1.25 bits per heavy atom. The number of esters is 1. The lowest BCUT2D eigenvalue weighted by Crippen LogP contribution is -2.44. The standard InChI is InChI=1S/C27H36O5/c1-5-16-29-21-10-7-20(8-11-21)9-13-25(28)31-22-14-15-27(18-30-27)23(17-22)26(4)24(32-26)12-6-19(2)3/h6-11,13,22-24H,5,12,14-18H2,1-4H3/b13-9+/t22-,23?,24-,26?,27+/m1/s1. The minimum absolute atomic E-state index is 0.0746. The predicted molar refractivity (Wildman–Crippen MR) is 124 cm³/mol. The number of epoxide rings is 2. The molecule has 5 atom stereocenters. The van der Waals surface area contributed by atoms with Crippen LogP contribution in [0.4, 0.5) is 0 Å². The first-order chi connectivity index (χ1) is 15.3. The molecule has 0 N–H and O–H groups in total. The van der Waals surface area contributed by atoms with E-state index in [1.807, 2.05) is 24.3 Å².